The fourth-order valence-corrected chi connectivity index (χ4v) is 2.23. The molecule has 0 saturated heterocycles. The lowest BCUT2D eigenvalue weighted by Gasteiger charge is -2.06. The number of rotatable bonds is 4. The molecule has 0 fully saturated rings. The van der Waals surface area contributed by atoms with Gasteiger partial charge in [-0.05, 0) is 23.8 Å². The molecular weight excluding hydrogens is 325 g/mol. The minimum atomic E-state index is -0.308. The molecule has 0 saturated carbocycles. The van der Waals surface area contributed by atoms with Crippen LogP contribution in [0.15, 0.2) is 43.0 Å². The van der Waals surface area contributed by atoms with Gasteiger partial charge in [-0.3, -0.25) is 4.79 Å². The van der Waals surface area contributed by atoms with Crippen molar-refractivity contribution in [1.82, 2.24) is 19.7 Å². The molecule has 2 heterocycles. The highest BCUT2D eigenvalue weighted by atomic mass is 35.5. The third-order valence-corrected chi connectivity index (χ3v) is 3.69. The first-order chi connectivity index (χ1) is 10.6. The van der Waals surface area contributed by atoms with Gasteiger partial charge in [-0.25, -0.2) is 9.67 Å². The maximum absolute atomic E-state index is 12.0. The smallest absolute Gasteiger partial charge is 0.272 e. The monoisotopic (exact) mass is 335 g/mol. The van der Waals surface area contributed by atoms with E-state index in [1.807, 2.05) is 24.3 Å². The molecule has 1 aromatic carbocycles. The van der Waals surface area contributed by atoms with Gasteiger partial charge < -0.3 is 10.3 Å². The molecule has 0 aliphatic rings. The van der Waals surface area contributed by atoms with Crippen molar-refractivity contribution in [2.24, 2.45) is 0 Å². The molecule has 6 nitrogen and oxygen atoms in total. The molecule has 2 N–H and O–H groups in total. The largest absolute Gasteiger partial charge is 0.340 e. The number of amides is 1. The summed E-state index contributed by atoms with van der Waals surface area (Å²) in [4.78, 5) is 18.6. The Kier molecular flexibility index (Phi) is 4.13. The van der Waals surface area contributed by atoms with E-state index in [4.69, 9.17) is 23.2 Å². The van der Waals surface area contributed by atoms with Crippen molar-refractivity contribution >= 4 is 34.8 Å². The van der Waals surface area contributed by atoms with Crippen LogP contribution in [-0.4, -0.2) is 25.7 Å². The van der Waals surface area contributed by atoms with Crippen molar-refractivity contribution in [1.29, 1.82) is 0 Å². The standard InChI is InChI=1S/C14H11Cl2N5O/c15-11-5-12(20-13(11)16)14(22)19-10-3-1-9(2-4-10)6-21-8-17-7-18-21/h1-5,7-8,20H,6H2,(H,19,22). The molecule has 0 aliphatic carbocycles. The number of halogens is 2. The fourth-order valence-electron chi connectivity index (χ4n) is 1.92. The molecule has 0 radical (unpaired) electrons. The number of anilines is 1. The number of hydrogen-bond acceptors (Lipinski definition) is 3. The SMILES string of the molecule is O=C(Nc1ccc(Cn2cncn2)cc1)c1cc(Cl)c(Cl)[nH]1. The lowest BCUT2D eigenvalue weighted by Crippen LogP contribution is -2.12. The molecule has 1 amide bonds. The minimum absolute atomic E-state index is 0.245. The van der Waals surface area contributed by atoms with Gasteiger partial charge >= 0.3 is 0 Å². The van der Waals surface area contributed by atoms with E-state index >= 15 is 0 Å². The van der Waals surface area contributed by atoms with E-state index < -0.39 is 0 Å². The number of aromatic nitrogens is 4. The number of benzene rings is 1. The summed E-state index contributed by atoms with van der Waals surface area (Å²) in [7, 11) is 0. The second kappa shape index (κ2) is 6.21. The highest BCUT2D eigenvalue weighted by Crippen LogP contribution is 2.22. The van der Waals surface area contributed by atoms with Crippen molar-refractivity contribution in [3.8, 4) is 0 Å². The van der Waals surface area contributed by atoms with Gasteiger partial charge in [0.05, 0.1) is 11.6 Å². The van der Waals surface area contributed by atoms with Gasteiger partial charge in [0, 0.05) is 5.69 Å². The van der Waals surface area contributed by atoms with Gasteiger partial charge in [-0.15, -0.1) is 0 Å². The maximum Gasteiger partial charge on any atom is 0.272 e. The highest BCUT2D eigenvalue weighted by Gasteiger charge is 2.11. The summed E-state index contributed by atoms with van der Waals surface area (Å²) in [6.07, 6.45) is 3.13. The molecule has 0 aliphatic heterocycles. The first-order valence-corrected chi connectivity index (χ1v) is 7.14. The van der Waals surface area contributed by atoms with Crippen molar-refractivity contribution < 1.29 is 4.79 Å². The number of H-pyrrole nitrogens is 1. The maximum atomic E-state index is 12.0. The molecule has 0 bridgehead atoms. The third-order valence-electron chi connectivity index (χ3n) is 2.99. The normalized spacial score (nSPS) is 10.6. The van der Waals surface area contributed by atoms with E-state index in [9.17, 15) is 4.79 Å². The Morgan fingerprint density at radius 1 is 1.27 bits per heavy atom. The predicted octanol–water partition coefficient (Wildman–Crippen LogP) is 3.21. The van der Waals surface area contributed by atoms with Crippen LogP contribution in [-0.2, 0) is 6.54 Å². The van der Waals surface area contributed by atoms with Gasteiger partial charge in [0.25, 0.3) is 5.91 Å². The van der Waals surface area contributed by atoms with Crippen LogP contribution in [0.4, 0.5) is 5.69 Å². The summed E-state index contributed by atoms with van der Waals surface area (Å²) in [6.45, 7) is 0.621. The zero-order chi connectivity index (χ0) is 15.5. The summed E-state index contributed by atoms with van der Waals surface area (Å²) < 4.78 is 1.72. The van der Waals surface area contributed by atoms with Crippen LogP contribution in [0.3, 0.4) is 0 Å². The van der Waals surface area contributed by atoms with E-state index in [1.165, 1.54) is 12.4 Å². The third kappa shape index (κ3) is 3.29. The Balaban J connectivity index is 1.66. The van der Waals surface area contributed by atoms with E-state index in [0.29, 0.717) is 22.9 Å². The van der Waals surface area contributed by atoms with Crippen LogP contribution < -0.4 is 5.32 Å². The Bertz CT molecular complexity index is 761. The number of carbonyl (C=O) groups excluding carboxylic acids is 1. The second-order valence-electron chi connectivity index (χ2n) is 4.59. The summed E-state index contributed by atoms with van der Waals surface area (Å²) in [5, 5.41) is 7.36. The number of nitrogens with zero attached hydrogens (tertiary/aromatic N) is 3. The number of aromatic amines is 1. The van der Waals surface area contributed by atoms with Crippen LogP contribution in [0.25, 0.3) is 0 Å². The molecule has 2 aromatic heterocycles. The minimum Gasteiger partial charge on any atom is -0.340 e. The lowest BCUT2D eigenvalue weighted by atomic mass is 10.2. The van der Waals surface area contributed by atoms with E-state index in [0.717, 1.165) is 5.56 Å². The molecule has 8 heteroatoms. The van der Waals surface area contributed by atoms with Crippen LogP contribution in [0.2, 0.25) is 10.2 Å². The Labute approximate surface area is 136 Å². The van der Waals surface area contributed by atoms with Crippen LogP contribution in [0, 0.1) is 0 Å². The summed E-state index contributed by atoms with van der Waals surface area (Å²) in [5.41, 5.74) is 2.03. The number of carbonyl (C=O) groups is 1. The van der Waals surface area contributed by atoms with Gasteiger partial charge in [0.2, 0.25) is 0 Å². The summed E-state index contributed by atoms with van der Waals surface area (Å²) >= 11 is 11.6. The first kappa shape index (κ1) is 14.6. The lowest BCUT2D eigenvalue weighted by molar-refractivity contribution is 0.102. The number of nitrogens with one attached hydrogen (secondary N) is 2. The van der Waals surface area contributed by atoms with Crippen molar-refractivity contribution in [3.05, 3.63) is 64.4 Å². The molecule has 0 atom stereocenters. The Morgan fingerprint density at radius 2 is 2.05 bits per heavy atom. The van der Waals surface area contributed by atoms with Gasteiger partial charge in [-0.2, -0.15) is 5.10 Å². The molecular formula is C14H11Cl2N5O. The zero-order valence-electron chi connectivity index (χ0n) is 11.3. The van der Waals surface area contributed by atoms with Crippen LogP contribution in [0.1, 0.15) is 16.1 Å². The first-order valence-electron chi connectivity index (χ1n) is 6.38. The van der Waals surface area contributed by atoms with Crippen molar-refractivity contribution in [3.63, 3.8) is 0 Å². The van der Waals surface area contributed by atoms with Gasteiger partial charge in [0.1, 0.15) is 23.5 Å². The predicted molar refractivity (Wildman–Crippen MR) is 84.3 cm³/mol. The molecule has 3 rings (SSSR count). The Hall–Kier alpha value is -2.31. The topological polar surface area (TPSA) is 75.6 Å². The van der Waals surface area contributed by atoms with Crippen molar-refractivity contribution in [2.75, 3.05) is 5.32 Å². The van der Waals surface area contributed by atoms with E-state index in [-0.39, 0.29) is 11.1 Å². The van der Waals surface area contributed by atoms with Gasteiger partial charge in [-0.1, -0.05) is 35.3 Å². The molecule has 3 aromatic rings. The zero-order valence-corrected chi connectivity index (χ0v) is 12.8. The average Bonchev–Trinajstić information content (AvgIpc) is 3.12. The summed E-state index contributed by atoms with van der Waals surface area (Å²) in [5.74, 6) is -0.308. The average molecular weight is 336 g/mol. The van der Waals surface area contributed by atoms with Gasteiger partial charge in [0.15, 0.2) is 0 Å². The summed E-state index contributed by atoms with van der Waals surface area (Å²) in [6, 6.07) is 8.93. The van der Waals surface area contributed by atoms with Crippen LogP contribution >= 0.6 is 23.2 Å². The Morgan fingerprint density at radius 3 is 2.64 bits per heavy atom. The molecule has 22 heavy (non-hydrogen) atoms. The highest BCUT2D eigenvalue weighted by molar-refractivity contribution is 6.41. The van der Waals surface area contributed by atoms with E-state index in [2.05, 4.69) is 20.4 Å². The van der Waals surface area contributed by atoms with Crippen LogP contribution in [0.5, 0.6) is 0 Å². The second-order valence-corrected chi connectivity index (χ2v) is 5.37. The molecule has 0 spiro atoms. The number of hydrogen-bond donors (Lipinski definition) is 2. The quantitative estimate of drug-likeness (QED) is 0.768. The molecule has 0 unspecified atom stereocenters. The van der Waals surface area contributed by atoms with Crippen molar-refractivity contribution in [2.45, 2.75) is 6.54 Å². The van der Waals surface area contributed by atoms with E-state index in [1.54, 1.807) is 11.0 Å². The molecule has 112 valence electrons. The fraction of sp³-hybridized carbons (Fsp3) is 0.0714.